The Hall–Kier alpha value is -1.66. The third kappa shape index (κ3) is 61.6. The number of hydrogen-bond donors (Lipinski definition) is 3. The zero-order valence-electron chi connectivity index (χ0n) is 51.5. The van der Waals surface area contributed by atoms with E-state index in [1.54, 1.807) is 6.08 Å². The summed E-state index contributed by atoms with van der Waals surface area (Å²) >= 11 is 0. The van der Waals surface area contributed by atoms with Crippen LogP contribution < -0.4 is 5.32 Å². The van der Waals surface area contributed by atoms with Gasteiger partial charge in [-0.3, -0.25) is 9.59 Å². The molecule has 450 valence electrons. The van der Waals surface area contributed by atoms with Crippen molar-refractivity contribution in [1.29, 1.82) is 0 Å². The topological polar surface area (TPSA) is 95.9 Å². The first-order valence-corrected chi connectivity index (χ1v) is 34.6. The molecule has 0 radical (unpaired) electrons. The maximum atomic E-state index is 12.5. The SMILES string of the molecule is CCCCCCCCCCCCCCCCCCCCCCC/C=C/C(O)C(CO)NC(=O)CCCCCCCCC/C=C\CCCCCCCCCCCOC(=O)CCCCCCCCCCCCCCCCCC. The highest BCUT2D eigenvalue weighted by Crippen LogP contribution is 2.18. The van der Waals surface area contributed by atoms with Gasteiger partial charge < -0.3 is 20.3 Å². The lowest BCUT2D eigenvalue weighted by atomic mass is 10.0. The Kier molecular flexibility index (Phi) is 64.4. The molecule has 0 aromatic heterocycles. The van der Waals surface area contributed by atoms with Crippen LogP contribution in [0.5, 0.6) is 0 Å². The normalized spacial score (nSPS) is 12.6. The lowest BCUT2D eigenvalue weighted by molar-refractivity contribution is -0.143. The predicted molar refractivity (Wildman–Crippen MR) is 333 cm³/mol. The molecule has 0 spiro atoms. The summed E-state index contributed by atoms with van der Waals surface area (Å²) in [6.45, 7) is 4.94. The van der Waals surface area contributed by atoms with E-state index in [2.05, 4.69) is 31.3 Å². The number of aliphatic hydroxyl groups excluding tert-OH is 2. The van der Waals surface area contributed by atoms with Gasteiger partial charge in [-0.05, 0) is 57.8 Å². The van der Waals surface area contributed by atoms with E-state index in [0.29, 0.717) is 19.4 Å². The van der Waals surface area contributed by atoms with Crippen molar-refractivity contribution < 1.29 is 24.5 Å². The fourth-order valence-corrected chi connectivity index (χ4v) is 10.9. The summed E-state index contributed by atoms with van der Waals surface area (Å²) in [5.41, 5.74) is 0. The smallest absolute Gasteiger partial charge is 0.305 e. The standard InChI is InChI=1S/C70H135NO5/c1-3-5-7-9-11-13-15-17-19-21-22-23-24-25-28-31-34-38-42-46-50-54-58-62-68(73)67(66-72)71-69(74)63-59-55-51-47-43-39-35-32-29-26-27-30-33-37-41-45-49-53-57-61-65-76-70(75)64-60-56-52-48-44-40-36-20-18-16-14-12-10-8-6-4-2/h26,29,58,62,67-68,72-73H,3-25,27-28,30-57,59-61,63-66H2,1-2H3,(H,71,74)/b29-26-,62-58+. The van der Waals surface area contributed by atoms with Crippen LogP contribution in [-0.2, 0) is 14.3 Å². The number of carbonyl (C=O) groups is 2. The van der Waals surface area contributed by atoms with Crippen molar-refractivity contribution in [3.63, 3.8) is 0 Å². The zero-order chi connectivity index (χ0) is 55.0. The molecule has 6 heteroatoms. The van der Waals surface area contributed by atoms with Gasteiger partial charge in [-0.15, -0.1) is 0 Å². The Balaban J connectivity index is 3.44. The second kappa shape index (κ2) is 65.9. The summed E-state index contributed by atoms with van der Waals surface area (Å²) in [6, 6.07) is -0.635. The summed E-state index contributed by atoms with van der Waals surface area (Å²) in [6.07, 6.45) is 82.4. The number of rotatable bonds is 65. The average molecular weight is 1070 g/mol. The molecule has 0 rings (SSSR count). The largest absolute Gasteiger partial charge is 0.466 e. The molecule has 0 saturated heterocycles. The molecular weight excluding hydrogens is 935 g/mol. The third-order valence-corrected chi connectivity index (χ3v) is 16.2. The minimum atomic E-state index is -0.851. The van der Waals surface area contributed by atoms with Gasteiger partial charge in [0.1, 0.15) is 0 Å². The van der Waals surface area contributed by atoms with E-state index >= 15 is 0 Å². The number of nitrogens with one attached hydrogen (secondary N) is 1. The molecule has 0 fully saturated rings. The molecule has 6 nitrogen and oxygen atoms in total. The first kappa shape index (κ1) is 74.3. The summed E-state index contributed by atoms with van der Waals surface area (Å²) in [5, 5.41) is 23.2. The van der Waals surface area contributed by atoms with Gasteiger partial charge in [0.2, 0.25) is 5.91 Å². The quantitative estimate of drug-likeness (QED) is 0.0320. The van der Waals surface area contributed by atoms with Crippen molar-refractivity contribution in [3.05, 3.63) is 24.3 Å². The Morgan fingerprint density at radius 2 is 0.618 bits per heavy atom. The maximum absolute atomic E-state index is 12.5. The molecule has 0 aromatic carbocycles. The van der Waals surface area contributed by atoms with Crippen LogP contribution >= 0.6 is 0 Å². The van der Waals surface area contributed by atoms with Crippen molar-refractivity contribution in [2.24, 2.45) is 0 Å². The lowest BCUT2D eigenvalue weighted by Crippen LogP contribution is -2.45. The minimum absolute atomic E-state index is 0.00988. The van der Waals surface area contributed by atoms with E-state index in [4.69, 9.17) is 4.74 Å². The van der Waals surface area contributed by atoms with Gasteiger partial charge in [0.05, 0.1) is 25.4 Å². The van der Waals surface area contributed by atoms with Crippen molar-refractivity contribution in [1.82, 2.24) is 5.32 Å². The molecular formula is C70H135NO5. The van der Waals surface area contributed by atoms with Crippen LogP contribution in [0, 0.1) is 0 Å². The molecule has 2 atom stereocenters. The van der Waals surface area contributed by atoms with E-state index in [1.807, 2.05) is 6.08 Å². The Bertz CT molecular complexity index is 1190. The van der Waals surface area contributed by atoms with E-state index in [9.17, 15) is 19.8 Å². The van der Waals surface area contributed by atoms with Crippen molar-refractivity contribution in [2.45, 2.75) is 398 Å². The molecule has 0 bridgehead atoms. The molecule has 0 saturated carbocycles. The van der Waals surface area contributed by atoms with Crippen molar-refractivity contribution >= 4 is 11.9 Å². The highest BCUT2D eigenvalue weighted by molar-refractivity contribution is 5.76. The van der Waals surface area contributed by atoms with Gasteiger partial charge >= 0.3 is 5.97 Å². The van der Waals surface area contributed by atoms with Crippen LogP contribution in [-0.4, -0.2) is 47.4 Å². The molecule has 2 unspecified atom stereocenters. The van der Waals surface area contributed by atoms with Crippen LogP contribution in [0.2, 0.25) is 0 Å². The maximum Gasteiger partial charge on any atom is 0.305 e. The van der Waals surface area contributed by atoms with Crippen LogP contribution in [0.4, 0.5) is 0 Å². The number of aliphatic hydroxyl groups is 2. The van der Waals surface area contributed by atoms with E-state index in [0.717, 1.165) is 44.9 Å². The van der Waals surface area contributed by atoms with E-state index in [-0.39, 0.29) is 18.5 Å². The molecule has 3 N–H and O–H groups in total. The van der Waals surface area contributed by atoms with Crippen LogP contribution in [0.1, 0.15) is 386 Å². The number of hydrogen-bond acceptors (Lipinski definition) is 5. The van der Waals surface area contributed by atoms with Gasteiger partial charge in [0, 0.05) is 12.8 Å². The highest BCUT2D eigenvalue weighted by atomic mass is 16.5. The lowest BCUT2D eigenvalue weighted by Gasteiger charge is -2.20. The first-order chi connectivity index (χ1) is 37.5. The van der Waals surface area contributed by atoms with Crippen molar-refractivity contribution in [2.75, 3.05) is 13.2 Å². The molecule has 0 aliphatic rings. The van der Waals surface area contributed by atoms with E-state index in [1.165, 1.54) is 315 Å². The Morgan fingerprint density at radius 3 is 0.934 bits per heavy atom. The number of allylic oxidation sites excluding steroid dienone is 3. The summed E-state index contributed by atoms with van der Waals surface area (Å²) < 4.78 is 5.49. The number of esters is 1. The summed E-state index contributed by atoms with van der Waals surface area (Å²) in [7, 11) is 0. The van der Waals surface area contributed by atoms with Gasteiger partial charge in [-0.1, -0.05) is 340 Å². The molecule has 0 aromatic rings. The number of carbonyl (C=O) groups excluding carboxylic acids is 2. The van der Waals surface area contributed by atoms with Gasteiger partial charge in [0.15, 0.2) is 0 Å². The summed E-state index contributed by atoms with van der Waals surface area (Å²) in [5.74, 6) is -0.0626. The van der Waals surface area contributed by atoms with Gasteiger partial charge in [-0.2, -0.15) is 0 Å². The minimum Gasteiger partial charge on any atom is -0.466 e. The van der Waals surface area contributed by atoms with Gasteiger partial charge in [0.25, 0.3) is 0 Å². The molecule has 0 heterocycles. The zero-order valence-corrected chi connectivity index (χ0v) is 51.5. The number of amides is 1. The monoisotopic (exact) mass is 1070 g/mol. The predicted octanol–water partition coefficient (Wildman–Crippen LogP) is 22.1. The Labute approximate surface area is 475 Å². The fourth-order valence-electron chi connectivity index (χ4n) is 10.9. The fraction of sp³-hybridized carbons (Fsp3) is 0.914. The Morgan fingerprint density at radius 1 is 0.355 bits per heavy atom. The number of unbranched alkanes of at least 4 members (excludes halogenated alkanes) is 52. The van der Waals surface area contributed by atoms with Crippen molar-refractivity contribution in [3.8, 4) is 0 Å². The molecule has 76 heavy (non-hydrogen) atoms. The van der Waals surface area contributed by atoms with E-state index < -0.39 is 12.1 Å². The third-order valence-electron chi connectivity index (χ3n) is 16.2. The van der Waals surface area contributed by atoms with Crippen LogP contribution in [0.3, 0.4) is 0 Å². The molecule has 0 aliphatic heterocycles. The summed E-state index contributed by atoms with van der Waals surface area (Å²) in [4.78, 5) is 24.6. The molecule has 1 amide bonds. The second-order valence-electron chi connectivity index (χ2n) is 23.9. The first-order valence-electron chi connectivity index (χ1n) is 34.6. The highest BCUT2D eigenvalue weighted by Gasteiger charge is 2.18. The van der Waals surface area contributed by atoms with Crippen LogP contribution in [0.15, 0.2) is 24.3 Å². The second-order valence-corrected chi connectivity index (χ2v) is 23.9. The number of ether oxygens (including phenoxy) is 1. The average Bonchev–Trinajstić information content (AvgIpc) is 3.42. The molecule has 0 aliphatic carbocycles. The van der Waals surface area contributed by atoms with Crippen LogP contribution in [0.25, 0.3) is 0 Å². The van der Waals surface area contributed by atoms with Gasteiger partial charge in [-0.25, -0.2) is 0 Å².